The fourth-order valence-electron chi connectivity index (χ4n) is 1.55. The Kier molecular flexibility index (Phi) is 8.17. The van der Waals surface area contributed by atoms with Crippen molar-refractivity contribution in [2.75, 3.05) is 26.3 Å². The lowest BCUT2D eigenvalue weighted by Crippen LogP contribution is -2.42. The second-order valence-electron chi connectivity index (χ2n) is 5.58. The highest BCUT2D eigenvalue weighted by atomic mass is 16.6. The van der Waals surface area contributed by atoms with Gasteiger partial charge in [-0.05, 0) is 27.7 Å². The van der Waals surface area contributed by atoms with Gasteiger partial charge in [-0.2, -0.15) is 0 Å². The summed E-state index contributed by atoms with van der Waals surface area (Å²) in [4.78, 5) is 24.8. The number of nitrogens with zero attached hydrogens (tertiary/aromatic N) is 1. The summed E-state index contributed by atoms with van der Waals surface area (Å²) in [7, 11) is 0. The van der Waals surface area contributed by atoms with Gasteiger partial charge < -0.3 is 25.2 Å². The number of rotatable bonds is 7. The van der Waals surface area contributed by atoms with Crippen LogP contribution in [-0.2, 0) is 9.53 Å². The molecule has 0 aliphatic heterocycles. The van der Waals surface area contributed by atoms with E-state index >= 15 is 0 Å². The number of aliphatic hydroxyl groups excluding tert-OH is 2. The molecule has 0 saturated carbocycles. The van der Waals surface area contributed by atoms with Crippen LogP contribution in [0.3, 0.4) is 0 Å². The molecule has 0 rings (SSSR count). The van der Waals surface area contributed by atoms with Gasteiger partial charge in [0.25, 0.3) is 0 Å². The molecule has 0 aromatic carbocycles. The summed E-state index contributed by atoms with van der Waals surface area (Å²) in [6.45, 7) is 6.96. The largest absolute Gasteiger partial charge is 0.444 e. The van der Waals surface area contributed by atoms with Crippen LogP contribution in [-0.4, -0.2) is 65.1 Å². The van der Waals surface area contributed by atoms with E-state index in [0.29, 0.717) is 0 Å². The quantitative estimate of drug-likeness (QED) is 0.618. The molecule has 20 heavy (non-hydrogen) atoms. The number of aliphatic hydroxyl groups is 2. The van der Waals surface area contributed by atoms with Crippen molar-refractivity contribution in [3.05, 3.63) is 0 Å². The molecule has 0 heterocycles. The molecule has 0 aliphatic carbocycles. The number of hydrogen-bond acceptors (Lipinski definition) is 5. The van der Waals surface area contributed by atoms with Gasteiger partial charge in [0.05, 0.1) is 13.2 Å². The molecule has 0 radical (unpaired) electrons. The zero-order chi connectivity index (χ0) is 15.8. The Morgan fingerprint density at radius 1 is 1.20 bits per heavy atom. The van der Waals surface area contributed by atoms with Crippen LogP contribution in [0.2, 0.25) is 0 Å². The number of ether oxygens (including phenoxy) is 1. The third-order valence-corrected chi connectivity index (χ3v) is 2.34. The predicted molar refractivity (Wildman–Crippen MR) is 74.2 cm³/mol. The van der Waals surface area contributed by atoms with E-state index in [1.807, 2.05) is 0 Å². The molecule has 3 N–H and O–H groups in total. The molecular weight excluding hydrogens is 264 g/mol. The maximum atomic E-state index is 11.9. The Morgan fingerprint density at radius 2 is 1.70 bits per heavy atom. The van der Waals surface area contributed by atoms with Crippen molar-refractivity contribution in [1.82, 2.24) is 10.2 Å². The van der Waals surface area contributed by atoms with E-state index in [1.165, 1.54) is 4.90 Å². The normalized spacial score (nSPS) is 12.7. The minimum atomic E-state index is -0.590. The Labute approximate surface area is 119 Å². The number of carbonyl (C=O) groups is 2. The van der Waals surface area contributed by atoms with E-state index in [-0.39, 0.29) is 38.6 Å². The van der Waals surface area contributed by atoms with Gasteiger partial charge >= 0.3 is 6.09 Å². The molecule has 0 fully saturated rings. The topological polar surface area (TPSA) is 99.1 Å². The lowest BCUT2D eigenvalue weighted by Gasteiger charge is -2.24. The summed E-state index contributed by atoms with van der Waals surface area (Å²) in [5.41, 5.74) is -0.590. The van der Waals surface area contributed by atoms with Gasteiger partial charge in [-0.3, -0.25) is 4.79 Å². The third-order valence-electron chi connectivity index (χ3n) is 2.34. The van der Waals surface area contributed by atoms with Crippen molar-refractivity contribution >= 4 is 12.0 Å². The summed E-state index contributed by atoms with van der Waals surface area (Å²) >= 11 is 0. The van der Waals surface area contributed by atoms with E-state index in [1.54, 1.807) is 27.7 Å². The van der Waals surface area contributed by atoms with E-state index in [4.69, 9.17) is 14.9 Å². The summed E-state index contributed by atoms with van der Waals surface area (Å²) < 4.78 is 5.09. The second-order valence-corrected chi connectivity index (χ2v) is 5.58. The molecule has 0 aromatic heterocycles. The highest BCUT2D eigenvalue weighted by molar-refractivity contribution is 5.77. The van der Waals surface area contributed by atoms with Gasteiger partial charge in [-0.1, -0.05) is 0 Å². The molecule has 1 unspecified atom stereocenters. The SMILES string of the molecule is CC(CC(=O)N(CCO)CCO)NC(=O)OC(C)(C)C. The van der Waals surface area contributed by atoms with Crippen molar-refractivity contribution in [3.63, 3.8) is 0 Å². The molecule has 0 saturated heterocycles. The van der Waals surface area contributed by atoms with Gasteiger partial charge in [0.2, 0.25) is 5.91 Å². The van der Waals surface area contributed by atoms with Gasteiger partial charge in [-0.15, -0.1) is 0 Å². The van der Waals surface area contributed by atoms with Crippen LogP contribution in [0.15, 0.2) is 0 Å². The van der Waals surface area contributed by atoms with Crippen LogP contribution < -0.4 is 5.32 Å². The summed E-state index contributed by atoms with van der Waals surface area (Å²) in [5, 5.41) is 20.3. The second kappa shape index (κ2) is 8.76. The van der Waals surface area contributed by atoms with Gasteiger partial charge in [-0.25, -0.2) is 4.79 Å². The summed E-state index contributed by atoms with van der Waals surface area (Å²) in [6.07, 6.45) is -0.493. The number of amides is 2. The summed E-state index contributed by atoms with van der Waals surface area (Å²) in [6, 6.07) is -0.391. The minimum Gasteiger partial charge on any atom is -0.444 e. The molecule has 7 nitrogen and oxygen atoms in total. The van der Waals surface area contributed by atoms with Crippen molar-refractivity contribution in [3.8, 4) is 0 Å². The first-order valence-corrected chi connectivity index (χ1v) is 6.68. The number of nitrogens with one attached hydrogen (secondary N) is 1. The maximum absolute atomic E-state index is 11.9. The lowest BCUT2D eigenvalue weighted by molar-refractivity contribution is -0.132. The predicted octanol–water partition coefficient (Wildman–Crippen LogP) is 0.103. The fourth-order valence-corrected chi connectivity index (χ4v) is 1.55. The van der Waals surface area contributed by atoms with Crippen LogP contribution in [0, 0.1) is 0 Å². The zero-order valence-electron chi connectivity index (χ0n) is 12.7. The van der Waals surface area contributed by atoms with Crippen molar-refractivity contribution in [2.24, 2.45) is 0 Å². The van der Waals surface area contributed by atoms with Gasteiger partial charge in [0.1, 0.15) is 5.60 Å². The van der Waals surface area contributed by atoms with E-state index in [0.717, 1.165) is 0 Å². The third kappa shape index (κ3) is 8.71. The van der Waals surface area contributed by atoms with Crippen LogP contribution in [0.5, 0.6) is 0 Å². The first-order valence-electron chi connectivity index (χ1n) is 6.68. The Balaban J connectivity index is 4.26. The minimum absolute atomic E-state index is 0.0826. The number of hydrogen-bond donors (Lipinski definition) is 3. The van der Waals surface area contributed by atoms with Gasteiger partial charge in [0.15, 0.2) is 0 Å². The molecule has 0 bridgehead atoms. The van der Waals surface area contributed by atoms with Crippen LogP contribution in [0.1, 0.15) is 34.1 Å². The van der Waals surface area contributed by atoms with Crippen molar-refractivity contribution in [2.45, 2.75) is 45.8 Å². The van der Waals surface area contributed by atoms with Crippen molar-refractivity contribution in [1.29, 1.82) is 0 Å². The first kappa shape index (κ1) is 18.7. The Morgan fingerprint density at radius 3 is 2.10 bits per heavy atom. The lowest BCUT2D eigenvalue weighted by atomic mass is 10.2. The van der Waals surface area contributed by atoms with Crippen LogP contribution >= 0.6 is 0 Å². The number of carbonyl (C=O) groups excluding carboxylic acids is 2. The summed E-state index contributed by atoms with van der Waals surface area (Å²) in [5.74, 6) is -0.239. The van der Waals surface area contributed by atoms with E-state index < -0.39 is 17.7 Å². The van der Waals surface area contributed by atoms with E-state index in [2.05, 4.69) is 5.32 Å². The standard InChI is InChI=1S/C13H26N2O5/c1-10(14-12(19)20-13(2,3)4)9-11(18)15(5-7-16)6-8-17/h10,16-17H,5-9H2,1-4H3,(H,14,19). The Hall–Kier alpha value is -1.34. The number of alkyl carbamates (subject to hydrolysis) is 1. The molecule has 1 atom stereocenters. The molecule has 2 amide bonds. The monoisotopic (exact) mass is 290 g/mol. The molecule has 0 spiro atoms. The van der Waals surface area contributed by atoms with E-state index in [9.17, 15) is 9.59 Å². The fraction of sp³-hybridized carbons (Fsp3) is 0.846. The van der Waals surface area contributed by atoms with Crippen molar-refractivity contribution < 1.29 is 24.5 Å². The maximum Gasteiger partial charge on any atom is 0.407 e. The Bertz CT molecular complexity index is 308. The molecule has 118 valence electrons. The molecule has 7 heteroatoms. The smallest absolute Gasteiger partial charge is 0.407 e. The molecular formula is C13H26N2O5. The van der Waals surface area contributed by atoms with Crippen LogP contribution in [0.25, 0.3) is 0 Å². The molecule has 0 aromatic rings. The average Bonchev–Trinajstić information content (AvgIpc) is 2.25. The van der Waals surface area contributed by atoms with Gasteiger partial charge in [0, 0.05) is 25.6 Å². The zero-order valence-corrected chi connectivity index (χ0v) is 12.7. The first-order chi connectivity index (χ1) is 9.19. The highest BCUT2D eigenvalue weighted by Gasteiger charge is 2.20. The molecule has 0 aliphatic rings. The average molecular weight is 290 g/mol. The highest BCUT2D eigenvalue weighted by Crippen LogP contribution is 2.07. The van der Waals surface area contributed by atoms with Crippen LogP contribution in [0.4, 0.5) is 4.79 Å².